The second kappa shape index (κ2) is 9.81. The lowest BCUT2D eigenvalue weighted by molar-refractivity contribution is -0.0132. The first-order chi connectivity index (χ1) is 22.6. The molecule has 47 heavy (non-hydrogen) atoms. The molecule has 1 aliphatic carbocycles. The number of aromatic hydroxyl groups is 1. The van der Waals surface area contributed by atoms with Crippen LogP contribution in [0, 0.1) is 29.4 Å². The number of benzene rings is 2. The first kappa shape index (κ1) is 28.8. The van der Waals surface area contributed by atoms with Crippen LogP contribution in [0.2, 0.25) is 0 Å². The van der Waals surface area contributed by atoms with E-state index in [0.717, 1.165) is 0 Å². The number of fused-ring (bicyclic) bond motifs is 4. The van der Waals surface area contributed by atoms with Crippen LogP contribution in [-0.2, 0) is 4.74 Å². The number of phenols is 1. The Morgan fingerprint density at radius 2 is 1.94 bits per heavy atom. The molecule has 4 aliphatic heterocycles. The molecule has 5 aliphatic rings. The topological polar surface area (TPSA) is 93.1 Å². The quantitative estimate of drug-likeness (QED) is 0.241. The van der Waals surface area contributed by atoms with Crippen molar-refractivity contribution in [3.63, 3.8) is 0 Å². The third-order valence-corrected chi connectivity index (χ3v) is 10.6. The second-order valence-corrected chi connectivity index (χ2v) is 13.4. The average Bonchev–Trinajstić information content (AvgIpc) is 3.64. The number of hydrogen-bond acceptors (Lipinski definition) is 9. The van der Waals surface area contributed by atoms with Gasteiger partial charge in [-0.25, -0.2) is 22.5 Å². The van der Waals surface area contributed by atoms with E-state index >= 15 is 4.39 Å². The zero-order valence-electron chi connectivity index (χ0n) is 25.2. The van der Waals surface area contributed by atoms with Crippen molar-refractivity contribution in [2.45, 2.75) is 43.2 Å². The van der Waals surface area contributed by atoms with Crippen LogP contribution >= 0.6 is 0 Å². The SMILES string of the molecule is C#Cc1c(F)ccc2cc(O)cc(-c3nc4c5c(nc(OC[C@@]67CCN6C[C@]6(CC6(F)F)C7)nc5c3F)N3CCCOC[C@H]3CO4)c12. The molecule has 0 amide bonds. The van der Waals surface area contributed by atoms with Gasteiger partial charge in [-0.15, -0.1) is 6.42 Å². The molecule has 4 aromatic rings. The number of hydrogen-bond donors (Lipinski definition) is 1. The molecule has 242 valence electrons. The Labute approximate surface area is 266 Å². The maximum Gasteiger partial charge on any atom is 0.319 e. The highest BCUT2D eigenvalue weighted by Crippen LogP contribution is 2.70. The molecular weight excluding hydrogens is 618 g/mol. The highest BCUT2D eigenvalue weighted by molar-refractivity contribution is 6.04. The molecule has 0 bridgehead atoms. The first-order valence-electron chi connectivity index (χ1n) is 15.7. The standard InChI is InChI=1S/C34H29F4N5O4/c1-2-21-23(35)5-4-18-10-20(44)11-22(24(18)21)27-26(36)28-25-29(43-7-3-9-45-12-19(43)13-46-30(25)39-27)41-31(40-28)47-17-33-6-8-42(33)16-32(14-33)15-34(32,37)38/h1,4-5,10-11,19,44H,3,6-9,12-17H2/t19-,32+,33-/m0/s1. The van der Waals surface area contributed by atoms with E-state index in [9.17, 15) is 18.3 Å². The predicted molar refractivity (Wildman–Crippen MR) is 163 cm³/mol. The number of ether oxygens (including phenoxy) is 3. The fourth-order valence-corrected chi connectivity index (χ4v) is 8.07. The molecule has 13 heteroatoms. The minimum atomic E-state index is -2.68. The zero-order valence-corrected chi connectivity index (χ0v) is 25.2. The number of rotatable bonds is 4. The Hall–Kier alpha value is -4.41. The van der Waals surface area contributed by atoms with Crippen molar-refractivity contribution in [2.24, 2.45) is 5.41 Å². The summed E-state index contributed by atoms with van der Waals surface area (Å²) in [5, 5.41) is 11.4. The van der Waals surface area contributed by atoms with E-state index in [1.807, 2.05) is 4.90 Å². The molecule has 9 rings (SSSR count). The van der Waals surface area contributed by atoms with E-state index in [2.05, 4.69) is 20.8 Å². The van der Waals surface area contributed by atoms with Gasteiger partial charge in [0.05, 0.1) is 29.2 Å². The maximum absolute atomic E-state index is 16.9. The largest absolute Gasteiger partial charge is 0.508 e. The van der Waals surface area contributed by atoms with Crippen molar-refractivity contribution < 1.29 is 36.9 Å². The van der Waals surface area contributed by atoms with Crippen molar-refractivity contribution in [3.05, 3.63) is 41.5 Å². The second-order valence-electron chi connectivity index (χ2n) is 13.4. The number of alkyl halides is 2. The summed E-state index contributed by atoms with van der Waals surface area (Å²) >= 11 is 0. The summed E-state index contributed by atoms with van der Waals surface area (Å²) in [5.74, 6) is -1.66. The fourth-order valence-electron chi connectivity index (χ4n) is 8.07. The molecule has 1 saturated carbocycles. The normalized spacial score (nSPS) is 27.4. The van der Waals surface area contributed by atoms with Crippen LogP contribution < -0.4 is 14.4 Å². The van der Waals surface area contributed by atoms with Gasteiger partial charge in [0.2, 0.25) is 5.88 Å². The summed E-state index contributed by atoms with van der Waals surface area (Å²) in [4.78, 5) is 17.9. The van der Waals surface area contributed by atoms with Gasteiger partial charge >= 0.3 is 6.01 Å². The van der Waals surface area contributed by atoms with Crippen LogP contribution in [-0.4, -0.2) is 88.5 Å². The van der Waals surface area contributed by atoms with Crippen molar-refractivity contribution in [1.29, 1.82) is 0 Å². The fraction of sp³-hybridized carbons (Fsp3) is 0.441. The number of pyridine rings is 1. The van der Waals surface area contributed by atoms with Crippen molar-refractivity contribution in [3.8, 4) is 41.2 Å². The molecule has 4 fully saturated rings. The first-order valence-corrected chi connectivity index (χ1v) is 15.7. The van der Waals surface area contributed by atoms with Gasteiger partial charge in [-0.05, 0) is 42.8 Å². The summed E-state index contributed by atoms with van der Waals surface area (Å²) in [6.45, 7) is 2.67. The van der Waals surface area contributed by atoms with Gasteiger partial charge in [-0.3, -0.25) is 4.90 Å². The lowest BCUT2D eigenvalue weighted by Crippen LogP contribution is -2.59. The highest BCUT2D eigenvalue weighted by atomic mass is 19.3. The van der Waals surface area contributed by atoms with E-state index in [4.69, 9.17) is 25.6 Å². The molecule has 2 aromatic carbocycles. The molecule has 9 nitrogen and oxygen atoms in total. The number of aromatic nitrogens is 3. The lowest BCUT2D eigenvalue weighted by atomic mass is 9.83. The average molecular weight is 648 g/mol. The maximum atomic E-state index is 16.9. The Morgan fingerprint density at radius 3 is 2.70 bits per heavy atom. The summed E-state index contributed by atoms with van der Waals surface area (Å²) in [5.41, 5.74) is -2.02. The Bertz CT molecular complexity index is 2060. The van der Waals surface area contributed by atoms with E-state index in [0.29, 0.717) is 63.3 Å². The smallest absolute Gasteiger partial charge is 0.319 e. The molecule has 3 saturated heterocycles. The number of nitrogens with zero attached hydrogens (tertiary/aromatic N) is 5. The van der Waals surface area contributed by atoms with Gasteiger partial charge < -0.3 is 24.2 Å². The molecular formula is C34H29F4N5O4. The van der Waals surface area contributed by atoms with Gasteiger partial charge in [0.15, 0.2) is 5.82 Å². The van der Waals surface area contributed by atoms with Crippen molar-refractivity contribution >= 4 is 27.5 Å². The van der Waals surface area contributed by atoms with Crippen molar-refractivity contribution in [2.75, 3.05) is 51.0 Å². The molecule has 0 radical (unpaired) electrons. The number of phenolic OH excluding ortho intramolecular Hbond substituents is 1. The molecule has 2 aromatic heterocycles. The van der Waals surface area contributed by atoms with E-state index in [1.165, 1.54) is 24.3 Å². The van der Waals surface area contributed by atoms with Gasteiger partial charge in [0.25, 0.3) is 5.92 Å². The van der Waals surface area contributed by atoms with Crippen LogP contribution in [0.4, 0.5) is 23.4 Å². The summed E-state index contributed by atoms with van der Waals surface area (Å²) in [6.07, 6.45) is 7.28. The third-order valence-electron chi connectivity index (χ3n) is 10.6. The van der Waals surface area contributed by atoms with Crippen LogP contribution in [0.5, 0.6) is 17.6 Å². The Kier molecular flexibility index (Phi) is 6.01. The van der Waals surface area contributed by atoms with E-state index in [1.54, 1.807) is 0 Å². The van der Waals surface area contributed by atoms with Gasteiger partial charge in [-0.1, -0.05) is 12.0 Å². The lowest BCUT2D eigenvalue weighted by Gasteiger charge is -2.47. The Morgan fingerprint density at radius 1 is 1.09 bits per heavy atom. The van der Waals surface area contributed by atoms with Gasteiger partial charge in [0, 0.05) is 43.6 Å². The molecule has 3 atom stereocenters. The van der Waals surface area contributed by atoms with Crippen LogP contribution in [0.3, 0.4) is 0 Å². The molecule has 1 spiro atoms. The van der Waals surface area contributed by atoms with Crippen LogP contribution in [0.25, 0.3) is 32.9 Å². The zero-order chi connectivity index (χ0) is 32.3. The minimum Gasteiger partial charge on any atom is -0.508 e. The number of halogens is 4. The Balaban J connectivity index is 1.21. The summed E-state index contributed by atoms with van der Waals surface area (Å²) in [7, 11) is 0. The minimum absolute atomic E-state index is 0.0543. The van der Waals surface area contributed by atoms with Crippen LogP contribution in [0.15, 0.2) is 24.3 Å². The molecule has 0 unspecified atom stereocenters. The van der Waals surface area contributed by atoms with Gasteiger partial charge in [-0.2, -0.15) is 9.97 Å². The monoisotopic (exact) mass is 647 g/mol. The van der Waals surface area contributed by atoms with Crippen molar-refractivity contribution in [1.82, 2.24) is 19.9 Å². The van der Waals surface area contributed by atoms with Crippen LogP contribution in [0.1, 0.15) is 31.2 Å². The summed E-state index contributed by atoms with van der Waals surface area (Å²) in [6, 6.07) is 4.93. The van der Waals surface area contributed by atoms with E-state index < -0.39 is 28.5 Å². The molecule has 1 N–H and O–H groups in total. The van der Waals surface area contributed by atoms with Gasteiger partial charge in [0.1, 0.15) is 47.2 Å². The number of anilines is 1. The highest BCUT2D eigenvalue weighted by Gasteiger charge is 2.78. The third kappa shape index (κ3) is 4.13. The number of terminal acetylenes is 1. The van der Waals surface area contributed by atoms with E-state index in [-0.39, 0.29) is 76.4 Å². The predicted octanol–water partition coefficient (Wildman–Crippen LogP) is 5.05. The molecule has 6 heterocycles. The summed E-state index contributed by atoms with van der Waals surface area (Å²) < 4.78 is 78.7.